The molecule has 82 valence electrons. The second-order valence-corrected chi connectivity index (χ2v) is 5.01. The summed E-state index contributed by atoms with van der Waals surface area (Å²) in [6.07, 6.45) is 1.87. The molecule has 1 fully saturated rings. The number of aromatic nitrogens is 1. The zero-order chi connectivity index (χ0) is 10.8. The van der Waals surface area contributed by atoms with Crippen molar-refractivity contribution in [2.24, 2.45) is 0 Å². The fraction of sp³-hybridized carbons (Fsp3) is 0.600. The van der Waals surface area contributed by atoms with Crippen LogP contribution in [0.3, 0.4) is 0 Å². The summed E-state index contributed by atoms with van der Waals surface area (Å²) in [5.41, 5.74) is 0. The standard InChI is InChI=1S/C10H15N3OS/c1-7-5-12-10(15-7)9-6-11-3-4-13(9)8(2)14/h5,9,11H,3-4,6H2,1-2H3. The van der Waals surface area contributed by atoms with Crippen molar-refractivity contribution in [3.05, 3.63) is 16.1 Å². The van der Waals surface area contributed by atoms with Gasteiger partial charge in [-0.05, 0) is 6.92 Å². The smallest absolute Gasteiger partial charge is 0.220 e. The van der Waals surface area contributed by atoms with E-state index in [4.69, 9.17) is 0 Å². The molecule has 0 saturated carbocycles. The Morgan fingerprint density at radius 1 is 1.73 bits per heavy atom. The summed E-state index contributed by atoms with van der Waals surface area (Å²) in [5.74, 6) is 0.134. The molecule has 1 N–H and O–H groups in total. The third kappa shape index (κ3) is 2.18. The molecular formula is C10H15N3OS. The zero-order valence-corrected chi connectivity index (χ0v) is 9.80. The van der Waals surface area contributed by atoms with Crippen molar-refractivity contribution in [3.63, 3.8) is 0 Å². The normalized spacial score (nSPS) is 21.7. The van der Waals surface area contributed by atoms with Gasteiger partial charge in [-0.1, -0.05) is 0 Å². The van der Waals surface area contributed by atoms with E-state index < -0.39 is 0 Å². The number of carbonyl (C=O) groups is 1. The van der Waals surface area contributed by atoms with Crippen LogP contribution < -0.4 is 5.32 Å². The minimum absolute atomic E-state index is 0.120. The van der Waals surface area contributed by atoms with Crippen LogP contribution in [0, 0.1) is 6.92 Å². The summed E-state index contributed by atoms with van der Waals surface area (Å²) in [6.45, 7) is 6.12. The van der Waals surface area contributed by atoms with Gasteiger partial charge in [-0.15, -0.1) is 11.3 Å². The Labute approximate surface area is 93.3 Å². The van der Waals surface area contributed by atoms with E-state index in [1.165, 1.54) is 4.88 Å². The molecule has 0 bridgehead atoms. The summed E-state index contributed by atoms with van der Waals surface area (Å²) in [5, 5.41) is 4.34. The van der Waals surface area contributed by atoms with Crippen LogP contribution in [0.2, 0.25) is 0 Å². The molecule has 0 spiro atoms. The van der Waals surface area contributed by atoms with Gasteiger partial charge in [-0.25, -0.2) is 4.98 Å². The number of thiazole rings is 1. The fourth-order valence-electron chi connectivity index (χ4n) is 1.83. The lowest BCUT2D eigenvalue weighted by atomic mass is 10.2. The third-order valence-electron chi connectivity index (χ3n) is 2.57. The molecule has 0 radical (unpaired) electrons. The number of nitrogens with zero attached hydrogens (tertiary/aromatic N) is 2. The Bertz CT molecular complexity index is 363. The zero-order valence-electron chi connectivity index (χ0n) is 8.99. The Morgan fingerprint density at radius 3 is 3.13 bits per heavy atom. The van der Waals surface area contributed by atoms with E-state index in [2.05, 4.69) is 10.3 Å². The molecular weight excluding hydrogens is 210 g/mol. The van der Waals surface area contributed by atoms with Crippen LogP contribution in [-0.2, 0) is 4.79 Å². The molecule has 0 aliphatic carbocycles. The third-order valence-corrected chi connectivity index (χ3v) is 3.59. The van der Waals surface area contributed by atoms with Gasteiger partial charge in [0.15, 0.2) is 0 Å². The van der Waals surface area contributed by atoms with Gasteiger partial charge in [0.25, 0.3) is 0 Å². The SMILES string of the molecule is CC(=O)N1CCNCC1c1ncc(C)s1. The lowest BCUT2D eigenvalue weighted by Gasteiger charge is -2.34. The molecule has 1 saturated heterocycles. The number of nitrogens with one attached hydrogen (secondary N) is 1. The van der Waals surface area contributed by atoms with Gasteiger partial charge >= 0.3 is 0 Å². The molecule has 1 atom stereocenters. The molecule has 0 aromatic carbocycles. The lowest BCUT2D eigenvalue weighted by molar-refractivity contribution is -0.132. The molecule has 1 aromatic rings. The average molecular weight is 225 g/mol. The van der Waals surface area contributed by atoms with E-state index >= 15 is 0 Å². The molecule has 4 nitrogen and oxygen atoms in total. The number of carbonyl (C=O) groups excluding carboxylic acids is 1. The van der Waals surface area contributed by atoms with Crippen molar-refractivity contribution in [1.82, 2.24) is 15.2 Å². The quantitative estimate of drug-likeness (QED) is 0.774. The van der Waals surface area contributed by atoms with E-state index in [1.807, 2.05) is 18.0 Å². The van der Waals surface area contributed by atoms with Gasteiger partial charge in [0.05, 0.1) is 6.04 Å². The first kappa shape index (κ1) is 10.6. The predicted octanol–water partition coefficient (Wildman–Crippen LogP) is 0.944. The molecule has 15 heavy (non-hydrogen) atoms. The summed E-state index contributed by atoms with van der Waals surface area (Å²) in [7, 11) is 0. The van der Waals surface area contributed by atoms with Crippen LogP contribution in [0.5, 0.6) is 0 Å². The van der Waals surface area contributed by atoms with Crippen molar-refractivity contribution in [1.29, 1.82) is 0 Å². The van der Waals surface area contributed by atoms with Crippen molar-refractivity contribution in [2.45, 2.75) is 19.9 Å². The summed E-state index contributed by atoms with van der Waals surface area (Å²) < 4.78 is 0. The first-order valence-corrected chi connectivity index (χ1v) is 5.90. The van der Waals surface area contributed by atoms with E-state index in [1.54, 1.807) is 18.3 Å². The number of hydrogen-bond donors (Lipinski definition) is 1. The summed E-state index contributed by atoms with van der Waals surface area (Å²) in [6, 6.07) is 0.120. The van der Waals surface area contributed by atoms with E-state index in [9.17, 15) is 4.79 Å². The maximum absolute atomic E-state index is 11.5. The Morgan fingerprint density at radius 2 is 2.53 bits per heavy atom. The van der Waals surface area contributed by atoms with Gasteiger partial charge in [0.1, 0.15) is 5.01 Å². The molecule has 1 amide bonds. The molecule has 2 heterocycles. The molecule has 1 aliphatic heterocycles. The second-order valence-electron chi connectivity index (χ2n) is 3.74. The average Bonchev–Trinajstić information content (AvgIpc) is 2.65. The molecule has 2 rings (SSSR count). The van der Waals surface area contributed by atoms with E-state index in [0.29, 0.717) is 0 Å². The van der Waals surface area contributed by atoms with Crippen LogP contribution >= 0.6 is 11.3 Å². The first-order chi connectivity index (χ1) is 7.18. The van der Waals surface area contributed by atoms with Gasteiger partial charge in [0.2, 0.25) is 5.91 Å². The van der Waals surface area contributed by atoms with Crippen molar-refractivity contribution >= 4 is 17.2 Å². The Balaban J connectivity index is 2.21. The molecule has 1 unspecified atom stereocenters. The number of rotatable bonds is 1. The number of hydrogen-bond acceptors (Lipinski definition) is 4. The number of amides is 1. The Kier molecular flexibility index (Phi) is 3.02. The van der Waals surface area contributed by atoms with Crippen LogP contribution in [0.1, 0.15) is 22.9 Å². The molecule has 1 aliphatic rings. The van der Waals surface area contributed by atoms with Crippen LogP contribution in [0.25, 0.3) is 0 Å². The van der Waals surface area contributed by atoms with Gasteiger partial charge < -0.3 is 10.2 Å². The van der Waals surface area contributed by atoms with Crippen molar-refractivity contribution in [3.8, 4) is 0 Å². The molecule has 1 aromatic heterocycles. The fourth-order valence-corrected chi connectivity index (χ4v) is 2.72. The highest BCUT2D eigenvalue weighted by Crippen LogP contribution is 2.25. The highest BCUT2D eigenvalue weighted by atomic mass is 32.1. The number of piperazine rings is 1. The Hall–Kier alpha value is -0.940. The lowest BCUT2D eigenvalue weighted by Crippen LogP contribution is -2.47. The second kappa shape index (κ2) is 4.28. The largest absolute Gasteiger partial charge is 0.331 e. The van der Waals surface area contributed by atoms with Gasteiger partial charge in [0, 0.05) is 37.6 Å². The first-order valence-electron chi connectivity index (χ1n) is 5.08. The minimum atomic E-state index is 0.120. The van der Waals surface area contributed by atoms with Crippen LogP contribution in [-0.4, -0.2) is 35.4 Å². The van der Waals surface area contributed by atoms with Crippen molar-refractivity contribution in [2.75, 3.05) is 19.6 Å². The maximum atomic E-state index is 11.5. The number of aryl methyl sites for hydroxylation is 1. The minimum Gasteiger partial charge on any atom is -0.331 e. The van der Waals surface area contributed by atoms with Gasteiger partial charge in [-0.2, -0.15) is 0 Å². The van der Waals surface area contributed by atoms with E-state index in [-0.39, 0.29) is 11.9 Å². The summed E-state index contributed by atoms with van der Waals surface area (Å²) >= 11 is 1.67. The van der Waals surface area contributed by atoms with Gasteiger partial charge in [-0.3, -0.25) is 4.79 Å². The topological polar surface area (TPSA) is 45.2 Å². The monoisotopic (exact) mass is 225 g/mol. The van der Waals surface area contributed by atoms with Crippen LogP contribution in [0.15, 0.2) is 6.20 Å². The molecule has 5 heteroatoms. The highest BCUT2D eigenvalue weighted by molar-refractivity contribution is 7.11. The van der Waals surface area contributed by atoms with E-state index in [0.717, 1.165) is 24.6 Å². The maximum Gasteiger partial charge on any atom is 0.220 e. The summed E-state index contributed by atoms with van der Waals surface area (Å²) in [4.78, 5) is 18.9. The van der Waals surface area contributed by atoms with Crippen LogP contribution in [0.4, 0.5) is 0 Å². The van der Waals surface area contributed by atoms with Crippen molar-refractivity contribution < 1.29 is 4.79 Å². The predicted molar refractivity (Wildman–Crippen MR) is 59.8 cm³/mol. The highest BCUT2D eigenvalue weighted by Gasteiger charge is 2.27.